The zero-order valence-electron chi connectivity index (χ0n) is 10.4. The fourth-order valence-corrected chi connectivity index (χ4v) is 1.48. The van der Waals surface area contributed by atoms with Crippen LogP contribution in [-0.4, -0.2) is 18.0 Å². The van der Waals surface area contributed by atoms with Crippen LogP contribution in [-0.2, 0) is 0 Å². The van der Waals surface area contributed by atoms with Gasteiger partial charge in [-0.2, -0.15) is 0 Å². The maximum Gasteiger partial charge on any atom is 0.255 e. The van der Waals surface area contributed by atoms with Crippen molar-refractivity contribution in [2.24, 2.45) is 5.73 Å². The molecule has 0 fully saturated rings. The lowest BCUT2D eigenvalue weighted by Gasteiger charge is -2.27. The van der Waals surface area contributed by atoms with Gasteiger partial charge in [-0.15, -0.1) is 0 Å². The Morgan fingerprint density at radius 2 is 2.19 bits per heavy atom. The largest absolute Gasteiger partial charge is 0.466 e. The van der Waals surface area contributed by atoms with Crippen LogP contribution in [0.1, 0.15) is 42.1 Å². The number of carbonyl (C=O) groups excluding carboxylic acids is 1. The zero-order valence-corrected chi connectivity index (χ0v) is 10.4. The Kier molecular flexibility index (Phi) is 3.75. The monoisotopic (exact) mass is 224 g/mol. The molecule has 90 valence electrons. The second-order valence-electron chi connectivity index (χ2n) is 4.40. The van der Waals surface area contributed by atoms with Crippen LogP contribution in [0.5, 0.6) is 0 Å². The fourth-order valence-electron chi connectivity index (χ4n) is 1.48. The normalized spacial score (nSPS) is 14.6. The number of carbonyl (C=O) groups is 1. The fraction of sp³-hybridized carbons (Fsp3) is 0.583. The minimum atomic E-state index is -0.352. The summed E-state index contributed by atoms with van der Waals surface area (Å²) in [4.78, 5) is 12.0. The predicted octanol–water partition coefficient (Wildman–Crippen LogP) is 1.75. The van der Waals surface area contributed by atoms with Crippen LogP contribution < -0.4 is 11.1 Å². The number of nitrogens with two attached hydrogens (primary N) is 1. The molecular weight excluding hydrogens is 204 g/mol. The quantitative estimate of drug-likeness (QED) is 0.818. The van der Waals surface area contributed by atoms with Crippen molar-refractivity contribution in [2.75, 3.05) is 6.54 Å². The summed E-state index contributed by atoms with van der Waals surface area (Å²) < 4.78 is 5.33. The average Bonchev–Trinajstić information content (AvgIpc) is 2.57. The third-order valence-corrected chi connectivity index (χ3v) is 2.93. The Labute approximate surface area is 96.2 Å². The number of furan rings is 1. The molecule has 1 aromatic rings. The molecule has 0 aliphatic heterocycles. The van der Waals surface area contributed by atoms with E-state index in [9.17, 15) is 4.79 Å². The van der Waals surface area contributed by atoms with Crippen LogP contribution in [0.15, 0.2) is 10.5 Å². The molecule has 1 atom stereocenters. The van der Waals surface area contributed by atoms with E-state index in [0.29, 0.717) is 17.9 Å². The first-order valence-electron chi connectivity index (χ1n) is 5.51. The van der Waals surface area contributed by atoms with Crippen LogP contribution in [0.4, 0.5) is 0 Å². The summed E-state index contributed by atoms with van der Waals surface area (Å²) in [6.45, 7) is 7.97. The van der Waals surface area contributed by atoms with E-state index in [1.165, 1.54) is 0 Å². The summed E-state index contributed by atoms with van der Waals surface area (Å²) in [6.07, 6.45) is 0.797. The molecule has 4 heteroatoms. The number of aryl methyl sites for hydroxylation is 2. The third-order valence-electron chi connectivity index (χ3n) is 2.93. The molecule has 1 heterocycles. The highest BCUT2D eigenvalue weighted by molar-refractivity contribution is 5.95. The highest BCUT2D eigenvalue weighted by Gasteiger charge is 2.24. The molecule has 0 saturated carbocycles. The highest BCUT2D eigenvalue weighted by atomic mass is 16.3. The van der Waals surface area contributed by atoms with Gasteiger partial charge in [0.25, 0.3) is 5.91 Å². The molecule has 1 amide bonds. The SMILES string of the molecule is CCC(C)(CN)NC(=O)c1cc(C)oc1C. The van der Waals surface area contributed by atoms with Crippen LogP contribution >= 0.6 is 0 Å². The molecule has 0 saturated heterocycles. The van der Waals surface area contributed by atoms with Gasteiger partial charge < -0.3 is 15.5 Å². The standard InChI is InChI=1S/C12H20N2O2/c1-5-12(4,7-13)14-11(15)10-6-8(2)16-9(10)3/h6H,5,7,13H2,1-4H3,(H,14,15). The minimum absolute atomic E-state index is 0.121. The van der Waals surface area contributed by atoms with Crippen molar-refractivity contribution in [3.8, 4) is 0 Å². The Morgan fingerprint density at radius 1 is 1.56 bits per heavy atom. The second kappa shape index (κ2) is 4.70. The summed E-state index contributed by atoms with van der Waals surface area (Å²) in [7, 11) is 0. The van der Waals surface area contributed by atoms with Crippen molar-refractivity contribution in [3.05, 3.63) is 23.2 Å². The van der Waals surface area contributed by atoms with Crippen molar-refractivity contribution >= 4 is 5.91 Å². The van der Waals surface area contributed by atoms with Crippen molar-refractivity contribution in [1.29, 1.82) is 0 Å². The molecule has 0 spiro atoms. The van der Waals surface area contributed by atoms with Crippen molar-refractivity contribution < 1.29 is 9.21 Å². The summed E-state index contributed by atoms with van der Waals surface area (Å²) in [5.74, 6) is 1.27. The van der Waals surface area contributed by atoms with Gasteiger partial charge in [-0.3, -0.25) is 4.79 Å². The van der Waals surface area contributed by atoms with Gasteiger partial charge in [0.15, 0.2) is 0 Å². The number of rotatable bonds is 4. The van der Waals surface area contributed by atoms with Crippen LogP contribution in [0, 0.1) is 13.8 Å². The molecule has 0 bridgehead atoms. The molecule has 3 N–H and O–H groups in total. The maximum absolute atomic E-state index is 12.0. The first-order valence-corrected chi connectivity index (χ1v) is 5.51. The first kappa shape index (κ1) is 12.8. The summed E-state index contributed by atoms with van der Waals surface area (Å²) >= 11 is 0. The molecular formula is C12H20N2O2. The Hall–Kier alpha value is -1.29. The van der Waals surface area contributed by atoms with Crippen LogP contribution in [0.2, 0.25) is 0 Å². The van der Waals surface area contributed by atoms with Crippen molar-refractivity contribution in [1.82, 2.24) is 5.32 Å². The molecule has 0 aromatic carbocycles. The summed E-state index contributed by atoms with van der Waals surface area (Å²) in [5.41, 5.74) is 5.89. The van der Waals surface area contributed by atoms with E-state index in [2.05, 4.69) is 5.32 Å². The Balaban J connectivity index is 2.84. The maximum atomic E-state index is 12.0. The molecule has 1 rings (SSSR count). The molecule has 1 aromatic heterocycles. The van der Waals surface area contributed by atoms with E-state index in [-0.39, 0.29) is 11.4 Å². The lowest BCUT2D eigenvalue weighted by molar-refractivity contribution is 0.0905. The topological polar surface area (TPSA) is 68.3 Å². The first-order chi connectivity index (χ1) is 7.41. The van der Waals surface area contributed by atoms with E-state index in [1.54, 1.807) is 13.0 Å². The third kappa shape index (κ3) is 2.64. The predicted molar refractivity (Wildman–Crippen MR) is 63.4 cm³/mol. The minimum Gasteiger partial charge on any atom is -0.466 e. The molecule has 0 aliphatic carbocycles. The summed E-state index contributed by atoms with van der Waals surface area (Å²) in [6, 6.07) is 1.75. The van der Waals surface area contributed by atoms with E-state index in [1.807, 2.05) is 20.8 Å². The molecule has 16 heavy (non-hydrogen) atoms. The number of amides is 1. The van der Waals surface area contributed by atoms with E-state index < -0.39 is 0 Å². The van der Waals surface area contributed by atoms with Gasteiger partial charge in [-0.1, -0.05) is 6.92 Å². The van der Waals surface area contributed by atoms with Crippen LogP contribution in [0.25, 0.3) is 0 Å². The number of hydrogen-bond donors (Lipinski definition) is 2. The van der Waals surface area contributed by atoms with Gasteiger partial charge in [-0.05, 0) is 33.3 Å². The Morgan fingerprint density at radius 3 is 2.56 bits per heavy atom. The van der Waals surface area contributed by atoms with Crippen LogP contribution in [0.3, 0.4) is 0 Å². The molecule has 0 radical (unpaired) electrons. The van der Waals surface area contributed by atoms with E-state index in [4.69, 9.17) is 10.2 Å². The molecule has 4 nitrogen and oxygen atoms in total. The smallest absolute Gasteiger partial charge is 0.255 e. The van der Waals surface area contributed by atoms with Crippen molar-refractivity contribution in [2.45, 2.75) is 39.7 Å². The van der Waals surface area contributed by atoms with Gasteiger partial charge in [-0.25, -0.2) is 0 Å². The Bertz CT molecular complexity index is 378. The second-order valence-corrected chi connectivity index (χ2v) is 4.40. The number of nitrogens with one attached hydrogen (secondary N) is 1. The zero-order chi connectivity index (χ0) is 12.3. The lowest BCUT2D eigenvalue weighted by atomic mass is 9.98. The van der Waals surface area contributed by atoms with E-state index >= 15 is 0 Å². The van der Waals surface area contributed by atoms with Gasteiger partial charge in [0.2, 0.25) is 0 Å². The molecule has 1 unspecified atom stereocenters. The molecule has 0 aliphatic rings. The van der Waals surface area contributed by atoms with Gasteiger partial charge >= 0.3 is 0 Å². The summed E-state index contributed by atoms with van der Waals surface area (Å²) in [5, 5.41) is 2.94. The lowest BCUT2D eigenvalue weighted by Crippen LogP contribution is -2.50. The van der Waals surface area contributed by atoms with Gasteiger partial charge in [0.05, 0.1) is 5.56 Å². The number of hydrogen-bond acceptors (Lipinski definition) is 3. The van der Waals surface area contributed by atoms with Crippen molar-refractivity contribution in [3.63, 3.8) is 0 Å². The van der Waals surface area contributed by atoms with E-state index in [0.717, 1.165) is 12.2 Å². The van der Waals surface area contributed by atoms with Gasteiger partial charge in [0, 0.05) is 12.1 Å². The van der Waals surface area contributed by atoms with Gasteiger partial charge in [0.1, 0.15) is 11.5 Å². The highest BCUT2D eigenvalue weighted by Crippen LogP contribution is 2.15. The average molecular weight is 224 g/mol.